The predicted octanol–water partition coefficient (Wildman–Crippen LogP) is 16.0. The van der Waals surface area contributed by atoms with Crippen LogP contribution in [0.2, 0.25) is 0 Å². The van der Waals surface area contributed by atoms with Crippen LogP contribution in [-0.4, -0.2) is 60.0 Å². The molecule has 10 aromatic rings. The van der Waals surface area contributed by atoms with Gasteiger partial charge in [0.25, 0.3) is 0 Å². The van der Waals surface area contributed by atoms with E-state index in [1.807, 2.05) is 150 Å². The Morgan fingerprint density at radius 2 is 1.02 bits per heavy atom. The van der Waals surface area contributed by atoms with Crippen LogP contribution in [0.3, 0.4) is 0 Å². The number of hydrogen-bond donors (Lipinski definition) is 1. The van der Waals surface area contributed by atoms with E-state index >= 15 is 0 Å². The van der Waals surface area contributed by atoms with Crippen LogP contribution in [0.15, 0.2) is 132 Å². The van der Waals surface area contributed by atoms with E-state index in [1.54, 1.807) is 26.1 Å². The first-order valence-electron chi connectivity index (χ1n) is 25.9. The number of aromatic nitrogens is 9. The summed E-state index contributed by atoms with van der Waals surface area (Å²) in [5, 5.41) is 0. The minimum absolute atomic E-state index is 0.0113. The highest BCUT2D eigenvalue weighted by Gasteiger charge is 2.30. The number of benzene rings is 2. The monoisotopic (exact) mass is 1410 g/mol. The lowest BCUT2D eigenvalue weighted by Gasteiger charge is -2.21. The molecule has 2 aromatic carbocycles. The molecule has 1 unspecified atom stereocenters. The van der Waals surface area contributed by atoms with E-state index in [-0.39, 0.29) is 23.3 Å². The lowest BCUT2D eigenvalue weighted by molar-refractivity contribution is -0.121. The molecule has 20 heteroatoms. The van der Waals surface area contributed by atoms with Gasteiger partial charge in [0.2, 0.25) is 0 Å². The van der Waals surface area contributed by atoms with Crippen molar-refractivity contribution in [3.63, 3.8) is 0 Å². The number of carbonyl (C=O) groups excluding carboxylic acids is 3. The molecule has 9 heterocycles. The van der Waals surface area contributed by atoms with Crippen molar-refractivity contribution < 1.29 is 23.9 Å². The Kier molecular flexibility index (Phi) is 22.9. The number of halogens is 5. The number of ketones is 3. The first-order chi connectivity index (χ1) is 38.5. The van der Waals surface area contributed by atoms with Crippen molar-refractivity contribution in [1.29, 1.82) is 0 Å². The molecule has 11 rings (SSSR count). The molecular weight excluding hydrogens is 1350 g/mol. The Labute approximate surface area is 514 Å². The van der Waals surface area contributed by atoms with Crippen molar-refractivity contribution in [1.82, 2.24) is 42.7 Å². The van der Waals surface area contributed by atoms with E-state index in [0.717, 1.165) is 96.0 Å². The standard InChI is InChI=1S/C18H18N2O2.C16H15BrN2O.C11H14N2O2.C9H8Br2N2.C5H4Br2N2.C2H6/c1-12-13(2)20-10-16(14(3)21)9-17(18(20)19-12)22-11-15-7-5-4-6-8-15;1-11-12(2)19-9-14(17)8-15(16(19)18-11)20-10-13-6-4-3-5-7-13;1-6-7(2)13-5-9(8(3)14)4-10(15)11(13)12-6;1-5-6(2)13-4-7(10)3-8(11)9(13)12-5;6-3-1-4(7)5(8)9-2-3;1-2/h4-10H,11H2,1-3H3;3-9H,10H2,1-2H3;9H,4-5H2,1-3H3;3-4H,1-2H3;1-2H,(H2,8,9);1-2H3. The Bertz CT molecular complexity index is 3850. The van der Waals surface area contributed by atoms with Gasteiger partial charge in [-0.15, -0.1) is 0 Å². The average molecular weight is 1420 g/mol. The third-order valence-electron chi connectivity index (χ3n) is 13.2. The molecule has 0 amide bonds. The molecular formula is C61H65Br5N10O5. The SMILES string of the molecule is CC.CC(=O)C1CC(=O)c2nc(C)c(C)n2C1.CC(=O)c1cc(OCc2ccccc2)c2nc(C)c(C)n2c1.Cc1nc2c(Br)cc(Br)cn2c1C.Cc1nc2c(OCc3ccccc3)cc(Br)cn2c1C.Nc1ncc(Br)cc1Br. The fourth-order valence-corrected chi connectivity index (χ4v) is 10.9. The molecule has 0 aliphatic carbocycles. The molecule has 0 bridgehead atoms. The average Bonchev–Trinajstić information content (AvgIpc) is 4.28. The number of fused-ring (bicyclic) bond motifs is 4. The molecule has 15 nitrogen and oxygen atoms in total. The second kappa shape index (κ2) is 29.1. The van der Waals surface area contributed by atoms with E-state index < -0.39 is 0 Å². The van der Waals surface area contributed by atoms with Crippen LogP contribution >= 0.6 is 79.6 Å². The van der Waals surface area contributed by atoms with Crippen LogP contribution in [0.25, 0.3) is 16.9 Å². The van der Waals surface area contributed by atoms with Gasteiger partial charge in [0, 0.05) is 85.4 Å². The van der Waals surface area contributed by atoms with Crippen LogP contribution < -0.4 is 15.2 Å². The summed E-state index contributed by atoms with van der Waals surface area (Å²) in [6, 6.07) is 27.7. The molecule has 8 aromatic heterocycles. The van der Waals surface area contributed by atoms with Crippen LogP contribution in [0.5, 0.6) is 11.5 Å². The molecule has 0 saturated carbocycles. The van der Waals surface area contributed by atoms with Gasteiger partial charge in [0.15, 0.2) is 45.8 Å². The number of imidazole rings is 4. The van der Waals surface area contributed by atoms with Gasteiger partial charge in [-0.25, -0.2) is 24.9 Å². The van der Waals surface area contributed by atoms with Crippen molar-refractivity contribution in [3.05, 3.63) is 200 Å². The highest BCUT2D eigenvalue weighted by molar-refractivity contribution is 9.11. The molecule has 0 fully saturated rings. The number of nitrogen functional groups attached to an aromatic ring is 1. The minimum Gasteiger partial charge on any atom is -0.485 e. The number of rotatable bonds is 8. The maximum Gasteiger partial charge on any atom is 0.199 e. The smallest absolute Gasteiger partial charge is 0.199 e. The topological polar surface area (TPSA) is 178 Å². The first kappa shape index (κ1) is 63.9. The van der Waals surface area contributed by atoms with Gasteiger partial charge in [-0.1, -0.05) is 74.5 Å². The van der Waals surface area contributed by atoms with Crippen molar-refractivity contribution in [2.45, 2.75) is 109 Å². The minimum atomic E-state index is -0.169. The van der Waals surface area contributed by atoms with Crippen LogP contribution in [0, 0.1) is 61.3 Å². The number of hydrogen-bond acceptors (Lipinski definition) is 11. The van der Waals surface area contributed by atoms with E-state index in [2.05, 4.69) is 139 Å². The number of aryl methyl sites for hydroxylation is 7. The zero-order valence-electron chi connectivity index (χ0n) is 47.3. The third-order valence-corrected chi connectivity index (χ3v) is 15.8. The summed E-state index contributed by atoms with van der Waals surface area (Å²) in [7, 11) is 0. The van der Waals surface area contributed by atoms with Crippen molar-refractivity contribution >= 4 is 120 Å². The maximum atomic E-state index is 11.7. The normalized spacial score (nSPS) is 12.3. The Hall–Kier alpha value is -6.32. The molecule has 0 spiro atoms. The highest BCUT2D eigenvalue weighted by atomic mass is 79.9. The van der Waals surface area contributed by atoms with Crippen molar-refractivity contribution in [3.8, 4) is 11.5 Å². The Morgan fingerprint density at radius 3 is 1.51 bits per heavy atom. The number of ether oxygens (including phenoxy) is 2. The number of nitrogens with zero attached hydrogens (tertiary/aromatic N) is 9. The number of pyridine rings is 4. The van der Waals surface area contributed by atoms with Crippen LogP contribution in [-0.2, 0) is 24.6 Å². The summed E-state index contributed by atoms with van der Waals surface area (Å²) in [6.45, 7) is 24.6. The summed E-state index contributed by atoms with van der Waals surface area (Å²) in [4.78, 5) is 56.4. The van der Waals surface area contributed by atoms with Crippen molar-refractivity contribution in [2.24, 2.45) is 5.92 Å². The summed E-state index contributed by atoms with van der Waals surface area (Å²) in [5.74, 6) is 2.36. The molecule has 1 aliphatic rings. The lowest BCUT2D eigenvalue weighted by Crippen LogP contribution is -2.30. The summed E-state index contributed by atoms with van der Waals surface area (Å²) in [5.41, 5.74) is 19.0. The van der Waals surface area contributed by atoms with Gasteiger partial charge >= 0.3 is 0 Å². The van der Waals surface area contributed by atoms with Gasteiger partial charge in [0.1, 0.15) is 24.8 Å². The largest absolute Gasteiger partial charge is 0.485 e. The van der Waals surface area contributed by atoms with Gasteiger partial charge in [0.05, 0.1) is 31.7 Å². The summed E-state index contributed by atoms with van der Waals surface area (Å²) >= 11 is 16.9. The second-order valence-electron chi connectivity index (χ2n) is 18.8. The molecule has 2 N–H and O–H groups in total. The van der Waals surface area contributed by atoms with E-state index in [4.69, 9.17) is 15.2 Å². The quantitative estimate of drug-likeness (QED) is 0.143. The molecule has 0 radical (unpaired) electrons. The molecule has 0 saturated heterocycles. The molecule has 1 atom stereocenters. The number of carbonyl (C=O) groups is 3. The molecule has 1 aliphatic heterocycles. The molecule has 424 valence electrons. The first-order valence-corrected chi connectivity index (χ1v) is 29.9. The van der Waals surface area contributed by atoms with E-state index in [1.165, 1.54) is 5.69 Å². The highest BCUT2D eigenvalue weighted by Crippen LogP contribution is 2.29. The van der Waals surface area contributed by atoms with E-state index in [9.17, 15) is 14.4 Å². The van der Waals surface area contributed by atoms with E-state index in [0.29, 0.717) is 49.1 Å². The second-order valence-corrected chi connectivity index (χ2v) is 23.3. The van der Waals surface area contributed by atoms with Crippen LogP contribution in [0.4, 0.5) is 5.82 Å². The van der Waals surface area contributed by atoms with Gasteiger partial charge in [-0.3, -0.25) is 18.8 Å². The number of nitrogens with two attached hydrogens (primary N) is 1. The zero-order valence-corrected chi connectivity index (χ0v) is 55.3. The number of anilines is 1. The fraction of sp³-hybridized carbons (Fsp3) is 0.279. The Morgan fingerprint density at radius 1 is 0.580 bits per heavy atom. The van der Waals surface area contributed by atoms with Crippen LogP contribution in [0.1, 0.15) is 112 Å². The predicted molar refractivity (Wildman–Crippen MR) is 339 cm³/mol. The number of Topliss-reactive ketones (excluding diaryl/α,β-unsaturated/α-hetero) is 3. The summed E-state index contributed by atoms with van der Waals surface area (Å²) < 4.78 is 24.6. The van der Waals surface area contributed by atoms with Gasteiger partial charge < -0.3 is 28.6 Å². The Balaban J connectivity index is 0.000000166. The third kappa shape index (κ3) is 16.2. The zero-order chi connectivity index (χ0) is 59.4. The van der Waals surface area contributed by atoms with Crippen molar-refractivity contribution in [2.75, 3.05) is 5.73 Å². The maximum absolute atomic E-state index is 11.7. The molecule has 81 heavy (non-hydrogen) atoms. The van der Waals surface area contributed by atoms with Gasteiger partial charge in [-0.05, 0) is 184 Å². The fourth-order valence-electron chi connectivity index (χ4n) is 8.21. The summed E-state index contributed by atoms with van der Waals surface area (Å²) in [6.07, 6.45) is 7.82. The van der Waals surface area contributed by atoms with Gasteiger partial charge in [-0.2, -0.15) is 0 Å². The lowest BCUT2D eigenvalue weighted by atomic mass is 9.95.